The van der Waals surface area contributed by atoms with Crippen molar-refractivity contribution in [2.75, 3.05) is 6.54 Å². The average molecular weight is 364 g/mol. The Balaban J connectivity index is 1.55. The molecule has 0 fully saturated rings. The van der Waals surface area contributed by atoms with Crippen molar-refractivity contribution in [3.63, 3.8) is 0 Å². The number of carbonyl (C=O) groups excluding carboxylic acids is 1. The SMILES string of the molecule is CCc1noc(-c2ccc(CCNC(=O)C(C)(N)c3ccccc3)cc2)n1. The first-order valence-corrected chi connectivity index (χ1v) is 9.05. The minimum atomic E-state index is -1.06. The van der Waals surface area contributed by atoms with Crippen molar-refractivity contribution in [3.8, 4) is 11.5 Å². The predicted octanol–water partition coefficient (Wildman–Crippen LogP) is 2.83. The highest BCUT2D eigenvalue weighted by Gasteiger charge is 2.29. The normalized spacial score (nSPS) is 13.1. The Morgan fingerprint density at radius 1 is 1.15 bits per heavy atom. The molecule has 1 heterocycles. The molecular weight excluding hydrogens is 340 g/mol. The van der Waals surface area contributed by atoms with Crippen molar-refractivity contribution in [3.05, 3.63) is 71.5 Å². The fraction of sp³-hybridized carbons (Fsp3) is 0.286. The van der Waals surface area contributed by atoms with Crippen molar-refractivity contribution in [1.29, 1.82) is 0 Å². The minimum absolute atomic E-state index is 0.191. The molecule has 1 amide bonds. The third kappa shape index (κ3) is 4.41. The molecule has 2 aromatic carbocycles. The molecule has 0 aliphatic rings. The second kappa shape index (κ2) is 8.14. The van der Waals surface area contributed by atoms with E-state index in [9.17, 15) is 4.79 Å². The molecule has 1 aromatic heterocycles. The van der Waals surface area contributed by atoms with Gasteiger partial charge in [-0.15, -0.1) is 0 Å². The zero-order chi connectivity index (χ0) is 19.3. The van der Waals surface area contributed by atoms with E-state index in [1.165, 1.54) is 0 Å². The van der Waals surface area contributed by atoms with Gasteiger partial charge in [0.05, 0.1) is 0 Å². The third-order valence-electron chi connectivity index (χ3n) is 4.53. The number of carbonyl (C=O) groups is 1. The second-order valence-corrected chi connectivity index (χ2v) is 6.64. The van der Waals surface area contributed by atoms with Gasteiger partial charge in [-0.2, -0.15) is 4.98 Å². The van der Waals surface area contributed by atoms with E-state index in [4.69, 9.17) is 10.3 Å². The van der Waals surface area contributed by atoms with Crippen LogP contribution in [0, 0.1) is 0 Å². The smallest absolute Gasteiger partial charge is 0.257 e. The Morgan fingerprint density at radius 2 is 1.85 bits per heavy atom. The summed E-state index contributed by atoms with van der Waals surface area (Å²) in [5.41, 5.74) is 7.94. The van der Waals surface area contributed by atoms with E-state index in [0.29, 0.717) is 24.7 Å². The lowest BCUT2D eigenvalue weighted by Gasteiger charge is -2.24. The van der Waals surface area contributed by atoms with E-state index >= 15 is 0 Å². The summed E-state index contributed by atoms with van der Waals surface area (Å²) in [4.78, 5) is 16.8. The van der Waals surface area contributed by atoms with Gasteiger partial charge in [-0.1, -0.05) is 54.5 Å². The summed E-state index contributed by atoms with van der Waals surface area (Å²) in [5, 5.41) is 6.83. The first kappa shape index (κ1) is 18.8. The maximum absolute atomic E-state index is 12.5. The highest BCUT2D eigenvalue weighted by molar-refractivity contribution is 5.86. The molecule has 0 radical (unpaired) electrons. The molecule has 3 aromatic rings. The Hall–Kier alpha value is -2.99. The van der Waals surface area contributed by atoms with Gasteiger partial charge in [0, 0.05) is 18.5 Å². The first-order valence-electron chi connectivity index (χ1n) is 9.05. The van der Waals surface area contributed by atoms with E-state index in [1.54, 1.807) is 6.92 Å². The van der Waals surface area contributed by atoms with Crippen LogP contribution in [0.4, 0.5) is 0 Å². The van der Waals surface area contributed by atoms with Gasteiger partial charge in [-0.3, -0.25) is 4.79 Å². The maximum Gasteiger partial charge on any atom is 0.257 e. The van der Waals surface area contributed by atoms with Crippen LogP contribution in [0.5, 0.6) is 0 Å². The van der Waals surface area contributed by atoms with Gasteiger partial charge in [0.1, 0.15) is 5.54 Å². The monoisotopic (exact) mass is 364 g/mol. The van der Waals surface area contributed by atoms with E-state index in [1.807, 2.05) is 61.5 Å². The van der Waals surface area contributed by atoms with E-state index in [0.717, 1.165) is 23.1 Å². The lowest BCUT2D eigenvalue weighted by molar-refractivity contribution is -0.126. The average Bonchev–Trinajstić information content (AvgIpc) is 3.18. The van der Waals surface area contributed by atoms with E-state index < -0.39 is 5.54 Å². The topological polar surface area (TPSA) is 94.0 Å². The summed E-state index contributed by atoms with van der Waals surface area (Å²) in [6, 6.07) is 17.3. The zero-order valence-corrected chi connectivity index (χ0v) is 15.6. The highest BCUT2D eigenvalue weighted by Crippen LogP contribution is 2.19. The van der Waals surface area contributed by atoms with Gasteiger partial charge in [-0.05, 0) is 36.6 Å². The Kier molecular flexibility index (Phi) is 5.66. The number of hydrogen-bond donors (Lipinski definition) is 2. The van der Waals surface area contributed by atoms with Gasteiger partial charge in [0.15, 0.2) is 5.82 Å². The van der Waals surface area contributed by atoms with Crippen LogP contribution in [0.15, 0.2) is 59.1 Å². The van der Waals surface area contributed by atoms with Crippen LogP contribution in [0.2, 0.25) is 0 Å². The van der Waals surface area contributed by atoms with Gasteiger partial charge in [0.2, 0.25) is 5.91 Å². The molecule has 140 valence electrons. The molecule has 27 heavy (non-hydrogen) atoms. The number of amides is 1. The largest absolute Gasteiger partial charge is 0.354 e. The fourth-order valence-electron chi connectivity index (χ4n) is 2.75. The molecule has 0 aliphatic heterocycles. The number of aromatic nitrogens is 2. The summed E-state index contributed by atoms with van der Waals surface area (Å²) in [7, 11) is 0. The van der Waals surface area contributed by atoms with Gasteiger partial charge in [-0.25, -0.2) is 0 Å². The molecule has 1 unspecified atom stereocenters. The summed E-state index contributed by atoms with van der Waals surface area (Å²) in [6.07, 6.45) is 1.45. The lowest BCUT2D eigenvalue weighted by atomic mass is 9.92. The quantitative estimate of drug-likeness (QED) is 0.672. The zero-order valence-electron chi connectivity index (χ0n) is 15.6. The number of nitrogens with zero attached hydrogens (tertiary/aromatic N) is 2. The number of nitrogens with two attached hydrogens (primary N) is 1. The molecule has 6 heteroatoms. The van der Waals surface area contributed by atoms with Crippen LogP contribution in [-0.2, 0) is 23.2 Å². The summed E-state index contributed by atoms with van der Waals surface area (Å²) in [5.74, 6) is 1.02. The molecule has 6 nitrogen and oxygen atoms in total. The minimum Gasteiger partial charge on any atom is -0.354 e. The summed E-state index contributed by atoms with van der Waals surface area (Å²) < 4.78 is 5.24. The first-order chi connectivity index (χ1) is 13.0. The molecule has 3 rings (SSSR count). The van der Waals surface area contributed by atoms with E-state index in [-0.39, 0.29) is 5.91 Å². The van der Waals surface area contributed by atoms with Crippen molar-refractivity contribution in [2.45, 2.75) is 32.2 Å². The number of hydrogen-bond acceptors (Lipinski definition) is 5. The molecule has 0 saturated carbocycles. The Morgan fingerprint density at radius 3 is 2.48 bits per heavy atom. The maximum atomic E-state index is 12.5. The van der Waals surface area contributed by atoms with Gasteiger partial charge >= 0.3 is 0 Å². The van der Waals surface area contributed by atoms with Crippen LogP contribution >= 0.6 is 0 Å². The molecule has 1 atom stereocenters. The number of rotatable bonds is 7. The van der Waals surface area contributed by atoms with Gasteiger partial charge in [0.25, 0.3) is 5.89 Å². The standard InChI is InChI=1S/C21H24N4O2/c1-3-18-24-19(27-25-18)16-11-9-15(10-12-16)13-14-23-20(26)21(2,22)17-7-5-4-6-8-17/h4-12H,3,13-14,22H2,1-2H3,(H,23,26). The summed E-state index contributed by atoms with van der Waals surface area (Å²) in [6.45, 7) is 4.22. The van der Waals surface area contributed by atoms with Gasteiger partial charge < -0.3 is 15.6 Å². The van der Waals surface area contributed by atoms with Crippen molar-refractivity contribution in [1.82, 2.24) is 15.5 Å². The molecule has 0 aliphatic carbocycles. The molecule has 0 spiro atoms. The van der Waals surface area contributed by atoms with Crippen LogP contribution in [0.1, 0.15) is 30.8 Å². The van der Waals surface area contributed by atoms with Crippen LogP contribution in [0.3, 0.4) is 0 Å². The Labute approximate surface area is 158 Å². The number of nitrogens with one attached hydrogen (secondary N) is 1. The fourth-order valence-corrected chi connectivity index (χ4v) is 2.75. The van der Waals surface area contributed by atoms with Crippen molar-refractivity contribution in [2.24, 2.45) is 5.73 Å². The molecule has 0 saturated heterocycles. The van der Waals surface area contributed by atoms with Crippen LogP contribution in [0.25, 0.3) is 11.5 Å². The second-order valence-electron chi connectivity index (χ2n) is 6.64. The molecule has 3 N–H and O–H groups in total. The lowest BCUT2D eigenvalue weighted by Crippen LogP contribution is -2.49. The summed E-state index contributed by atoms with van der Waals surface area (Å²) >= 11 is 0. The third-order valence-corrected chi connectivity index (χ3v) is 4.53. The van der Waals surface area contributed by atoms with Crippen molar-refractivity contribution >= 4 is 5.91 Å². The Bertz CT molecular complexity index is 886. The van der Waals surface area contributed by atoms with Crippen molar-refractivity contribution < 1.29 is 9.32 Å². The van der Waals surface area contributed by atoms with Crippen LogP contribution < -0.4 is 11.1 Å². The predicted molar refractivity (Wildman–Crippen MR) is 104 cm³/mol. The van der Waals surface area contributed by atoms with Crippen LogP contribution in [-0.4, -0.2) is 22.6 Å². The molecule has 0 bridgehead atoms. The van der Waals surface area contributed by atoms with E-state index in [2.05, 4.69) is 15.5 Å². The number of benzene rings is 2. The highest BCUT2D eigenvalue weighted by atomic mass is 16.5. The molecular formula is C21H24N4O2. The number of aryl methyl sites for hydroxylation is 1.